The summed E-state index contributed by atoms with van der Waals surface area (Å²) in [6.07, 6.45) is 47.9. The van der Waals surface area contributed by atoms with Gasteiger partial charge in [0, 0.05) is 6.08 Å². The van der Waals surface area contributed by atoms with Crippen molar-refractivity contribution in [2.45, 2.75) is 162 Å². The Morgan fingerprint density at radius 3 is 1.11 bits per heavy atom. The van der Waals surface area contributed by atoms with Crippen LogP contribution < -0.4 is 0 Å². The molecule has 0 bridgehead atoms. The summed E-state index contributed by atoms with van der Waals surface area (Å²) in [5, 5.41) is 17.5. The van der Waals surface area contributed by atoms with Crippen LogP contribution in [0.5, 0.6) is 0 Å². The van der Waals surface area contributed by atoms with Gasteiger partial charge in [0.2, 0.25) is 0 Å². The van der Waals surface area contributed by atoms with Gasteiger partial charge in [0.05, 0.1) is 6.61 Å². The van der Waals surface area contributed by atoms with Crippen LogP contribution in [0.1, 0.15) is 162 Å². The highest BCUT2D eigenvalue weighted by Gasteiger charge is 2.28. The second kappa shape index (κ2) is 28.9. The van der Waals surface area contributed by atoms with E-state index in [4.69, 9.17) is 10.2 Å². The Kier molecular flexibility index (Phi) is 25.8. The van der Waals surface area contributed by atoms with Gasteiger partial charge in [-0.15, -0.1) is 0 Å². The van der Waals surface area contributed by atoms with Crippen molar-refractivity contribution in [1.29, 1.82) is 0 Å². The third-order valence-corrected chi connectivity index (χ3v) is 12.4. The largest absolute Gasteiger partial charge is 0.478 e. The van der Waals surface area contributed by atoms with Gasteiger partial charge in [-0.2, -0.15) is 0 Å². The zero-order chi connectivity index (χ0) is 48.5. The Balaban J connectivity index is 0.000000480. The van der Waals surface area contributed by atoms with Crippen LogP contribution in [0.4, 0.5) is 0 Å². The molecule has 3 aliphatic carbocycles. The highest BCUT2D eigenvalue weighted by Crippen LogP contribution is 2.42. The van der Waals surface area contributed by atoms with E-state index in [-0.39, 0.29) is 17.4 Å². The number of aldehydes is 1. The molecule has 0 amide bonds. The predicted molar refractivity (Wildman–Crippen MR) is 279 cm³/mol. The molecule has 0 spiro atoms. The number of carbonyl (C=O) groups is 2. The molecule has 0 aromatic carbocycles. The van der Waals surface area contributed by atoms with Crippen molar-refractivity contribution in [3.05, 3.63) is 176 Å². The summed E-state index contributed by atoms with van der Waals surface area (Å²) in [5.41, 5.74) is 16.2. The van der Waals surface area contributed by atoms with Gasteiger partial charge in [-0.3, -0.25) is 4.79 Å². The number of carboxylic acid groups (broad SMARTS) is 1. The molecule has 4 nitrogen and oxygen atoms in total. The fraction of sp³-hybridized carbons (Fsp3) is 0.467. The third-order valence-electron chi connectivity index (χ3n) is 12.4. The molecule has 0 aromatic rings. The Morgan fingerprint density at radius 1 is 0.500 bits per heavy atom. The summed E-state index contributed by atoms with van der Waals surface area (Å²) in [7, 11) is 0. The zero-order valence-electron chi connectivity index (χ0n) is 42.8. The lowest BCUT2D eigenvalue weighted by molar-refractivity contribution is -0.131. The van der Waals surface area contributed by atoms with Gasteiger partial charge in [0.15, 0.2) is 0 Å². The highest BCUT2D eigenvalue weighted by molar-refractivity contribution is 5.81. The number of allylic oxidation sites excluding steroid dienone is 28. The normalized spacial score (nSPS) is 20.6. The van der Waals surface area contributed by atoms with Gasteiger partial charge in [0.1, 0.15) is 6.29 Å². The number of aliphatic hydroxyl groups excluding tert-OH is 1. The monoisotopic (exact) mass is 871 g/mol. The second-order valence-corrected chi connectivity index (χ2v) is 20.0. The van der Waals surface area contributed by atoms with Crippen molar-refractivity contribution in [3.8, 4) is 0 Å². The minimum atomic E-state index is -0.912. The van der Waals surface area contributed by atoms with Crippen molar-refractivity contribution in [2.24, 2.45) is 16.2 Å². The summed E-state index contributed by atoms with van der Waals surface area (Å²) in [4.78, 5) is 20.9. The first-order valence-corrected chi connectivity index (χ1v) is 23.5. The van der Waals surface area contributed by atoms with Crippen molar-refractivity contribution in [3.63, 3.8) is 0 Å². The van der Waals surface area contributed by atoms with E-state index in [1.165, 1.54) is 108 Å². The minimum absolute atomic E-state index is 0.0985. The molecule has 0 saturated heterocycles. The lowest BCUT2D eigenvalue weighted by Gasteiger charge is -2.33. The van der Waals surface area contributed by atoms with Crippen LogP contribution in [0.25, 0.3) is 0 Å². The number of aliphatic hydroxyl groups is 1. The second-order valence-electron chi connectivity index (χ2n) is 20.0. The van der Waals surface area contributed by atoms with Crippen molar-refractivity contribution in [1.82, 2.24) is 0 Å². The maximum absolute atomic E-state index is 10.5. The number of carboxylic acids is 1. The maximum Gasteiger partial charge on any atom is 0.328 e. The molecule has 64 heavy (non-hydrogen) atoms. The van der Waals surface area contributed by atoms with Crippen LogP contribution in [0.15, 0.2) is 176 Å². The van der Waals surface area contributed by atoms with Gasteiger partial charge >= 0.3 is 5.97 Å². The van der Waals surface area contributed by atoms with Gasteiger partial charge in [-0.1, -0.05) is 178 Å². The Labute approximate surface area is 391 Å². The Morgan fingerprint density at radius 2 is 0.812 bits per heavy atom. The fourth-order valence-electron chi connectivity index (χ4n) is 8.51. The molecular formula is C60H86O4. The van der Waals surface area contributed by atoms with Crippen molar-refractivity contribution >= 4 is 12.3 Å². The molecule has 0 aromatic heterocycles. The number of rotatable bonds is 15. The molecule has 0 saturated carbocycles. The molecule has 4 heteroatoms. The van der Waals surface area contributed by atoms with Crippen LogP contribution in [-0.4, -0.2) is 29.1 Å². The Bertz CT molecular complexity index is 2050. The van der Waals surface area contributed by atoms with E-state index in [0.29, 0.717) is 5.41 Å². The van der Waals surface area contributed by atoms with Crippen LogP contribution in [0.2, 0.25) is 0 Å². The van der Waals surface area contributed by atoms with Gasteiger partial charge in [-0.25, -0.2) is 4.79 Å². The zero-order valence-corrected chi connectivity index (χ0v) is 42.8. The molecule has 3 rings (SSSR count). The van der Waals surface area contributed by atoms with E-state index in [1.54, 1.807) is 25.2 Å². The molecule has 0 radical (unpaired) electrons. The van der Waals surface area contributed by atoms with E-state index >= 15 is 0 Å². The first kappa shape index (κ1) is 57.2. The van der Waals surface area contributed by atoms with Gasteiger partial charge in [-0.05, 0) is 170 Å². The van der Waals surface area contributed by atoms with Crippen LogP contribution in [0, 0.1) is 16.2 Å². The van der Waals surface area contributed by atoms with Crippen molar-refractivity contribution in [2.75, 3.05) is 6.61 Å². The minimum Gasteiger partial charge on any atom is -0.478 e. The van der Waals surface area contributed by atoms with Crippen LogP contribution in [0.3, 0.4) is 0 Å². The molecule has 350 valence electrons. The molecule has 0 aliphatic heterocycles. The third kappa shape index (κ3) is 22.7. The number of aliphatic carboxylic acids is 1. The molecule has 2 N–H and O–H groups in total. The Hall–Kier alpha value is -4.80. The maximum atomic E-state index is 10.5. The molecule has 0 heterocycles. The molecular weight excluding hydrogens is 785 g/mol. The molecule has 0 unspecified atom stereocenters. The first-order valence-electron chi connectivity index (χ1n) is 23.5. The van der Waals surface area contributed by atoms with Gasteiger partial charge < -0.3 is 10.2 Å². The number of hydrogen-bond donors (Lipinski definition) is 2. The molecule has 3 aliphatic rings. The van der Waals surface area contributed by atoms with E-state index in [2.05, 4.69) is 132 Å². The lowest BCUT2D eigenvalue weighted by Crippen LogP contribution is -2.19. The van der Waals surface area contributed by atoms with E-state index in [9.17, 15) is 9.59 Å². The SMILES string of the molecule is CC1=C(/C=C/C(C)=C/C=C/C(C)=C/C=O)C(C)(C)CCC1.CC1=C(/C=C/C(C)=C/C=C/C(C)=C/CO)C(C)(C)CCC1.CC1=C(/C=C/C(C)=C\C=C\C(C)=C\C(=O)O)C(C)(C)CCC1. The highest BCUT2D eigenvalue weighted by atomic mass is 16.4. The lowest BCUT2D eigenvalue weighted by atomic mass is 9.72. The molecule has 0 fully saturated rings. The standard InChI is InChI=1S/C20H28O2.C20H30O.C20H28O/c1-15(8-6-9-16(2)14-19(21)22)11-12-18-17(3)10-7-13-20(18,4)5;2*1-16(8-6-9-17(2)13-15-21)11-12-19-18(3)10-7-14-20(19,4)5/h6,8-9,11-12,14H,7,10,13H2,1-5H3,(H,21,22);6,8-9,11-13,21H,7,10,14-15H2,1-5H3;6,8-9,11-13,15H,7,10,14H2,1-5H3/b9-6+,12-11+,15-8-,16-14+;2*9-6+,12-11+,16-8+,17-13+. The molecule has 0 atom stereocenters. The fourth-order valence-corrected chi connectivity index (χ4v) is 8.51. The topological polar surface area (TPSA) is 74.6 Å². The smallest absolute Gasteiger partial charge is 0.328 e. The average Bonchev–Trinajstić information content (AvgIpc) is 3.17. The van der Waals surface area contributed by atoms with E-state index < -0.39 is 5.97 Å². The summed E-state index contributed by atoms with van der Waals surface area (Å²) in [6, 6.07) is 0. The van der Waals surface area contributed by atoms with Crippen LogP contribution >= 0.6 is 0 Å². The van der Waals surface area contributed by atoms with Crippen LogP contribution in [-0.2, 0) is 9.59 Å². The summed E-state index contributed by atoms with van der Waals surface area (Å²) < 4.78 is 0. The first-order chi connectivity index (χ1) is 29.9. The van der Waals surface area contributed by atoms with Crippen molar-refractivity contribution < 1.29 is 19.8 Å². The van der Waals surface area contributed by atoms with E-state index in [0.717, 1.165) is 28.6 Å². The van der Waals surface area contributed by atoms with E-state index in [1.807, 2.05) is 50.3 Å². The summed E-state index contributed by atoms with van der Waals surface area (Å²) >= 11 is 0. The summed E-state index contributed by atoms with van der Waals surface area (Å²) in [6.45, 7) is 32.8. The number of hydrogen-bond acceptors (Lipinski definition) is 3. The summed E-state index contributed by atoms with van der Waals surface area (Å²) in [5.74, 6) is -0.912. The van der Waals surface area contributed by atoms with Gasteiger partial charge in [0.25, 0.3) is 0 Å². The number of carbonyl (C=O) groups excluding carboxylic acids is 1. The quantitative estimate of drug-likeness (QED) is 0.0977. The predicted octanol–water partition coefficient (Wildman–Crippen LogP) is 16.8. The average molecular weight is 871 g/mol.